The third-order valence-electron chi connectivity index (χ3n) is 2.70. The molecule has 0 aromatic carbocycles. The van der Waals surface area contributed by atoms with Crippen LogP contribution in [0.2, 0.25) is 0 Å². The first-order valence-corrected chi connectivity index (χ1v) is 6.68. The van der Waals surface area contributed by atoms with Crippen molar-refractivity contribution in [3.63, 3.8) is 0 Å². The van der Waals surface area contributed by atoms with Crippen molar-refractivity contribution >= 4 is 27.3 Å². The van der Waals surface area contributed by atoms with Gasteiger partial charge in [-0.3, -0.25) is 0 Å². The van der Waals surface area contributed by atoms with E-state index in [9.17, 15) is 0 Å². The van der Waals surface area contributed by atoms with E-state index in [4.69, 9.17) is 4.74 Å². The van der Waals surface area contributed by atoms with Crippen LogP contribution < -0.4 is 4.74 Å². The summed E-state index contributed by atoms with van der Waals surface area (Å²) in [4.78, 5) is 2.36. The summed E-state index contributed by atoms with van der Waals surface area (Å²) < 4.78 is 6.38. The van der Waals surface area contributed by atoms with Gasteiger partial charge in [0.05, 0.1) is 0 Å². The van der Waals surface area contributed by atoms with Crippen LogP contribution in [-0.4, -0.2) is 41.3 Å². The van der Waals surface area contributed by atoms with Crippen LogP contribution in [0, 0.1) is 0 Å². The lowest BCUT2D eigenvalue weighted by Crippen LogP contribution is -2.40. The molecule has 1 unspecified atom stereocenters. The Morgan fingerprint density at radius 1 is 1.53 bits per heavy atom. The first kappa shape index (κ1) is 11.3. The van der Waals surface area contributed by atoms with Crippen molar-refractivity contribution in [2.45, 2.75) is 25.3 Å². The van der Waals surface area contributed by atoms with Gasteiger partial charge in [-0.2, -0.15) is 0 Å². The van der Waals surface area contributed by atoms with Gasteiger partial charge in [-0.05, 0) is 53.7 Å². The molecule has 6 heteroatoms. The molecule has 0 amide bonds. The van der Waals surface area contributed by atoms with E-state index in [0.717, 1.165) is 10.5 Å². The first-order valence-electron chi connectivity index (χ1n) is 5.08. The predicted octanol–water partition coefficient (Wildman–Crippen LogP) is 2.16. The van der Waals surface area contributed by atoms with Crippen molar-refractivity contribution in [2.24, 2.45) is 0 Å². The van der Waals surface area contributed by atoms with E-state index < -0.39 is 0 Å². The first-order chi connectivity index (χ1) is 7.25. The number of nitrogens with zero attached hydrogens (tertiary/aromatic N) is 3. The van der Waals surface area contributed by atoms with Gasteiger partial charge in [-0.25, -0.2) is 0 Å². The number of aromatic nitrogens is 2. The summed E-state index contributed by atoms with van der Waals surface area (Å²) in [6, 6.07) is 0.529. The molecule has 84 valence electrons. The van der Waals surface area contributed by atoms with Gasteiger partial charge in [0, 0.05) is 6.04 Å². The fourth-order valence-corrected chi connectivity index (χ4v) is 2.70. The number of hydrogen-bond donors (Lipinski definition) is 0. The number of rotatable bonds is 3. The summed E-state index contributed by atoms with van der Waals surface area (Å²) in [6.45, 7) is 1.89. The Hall–Kier alpha value is -0.200. The number of piperidine rings is 1. The molecule has 2 heterocycles. The standard InChI is InChI=1S/C9H14BrN3OS/c1-13-5-3-2-4-7(13)6-14-9-12-11-8(10)15-9/h7H,2-6H2,1H3. The zero-order valence-electron chi connectivity index (χ0n) is 8.65. The zero-order valence-corrected chi connectivity index (χ0v) is 11.1. The predicted molar refractivity (Wildman–Crippen MR) is 63.4 cm³/mol. The third-order valence-corrected chi connectivity index (χ3v) is 3.97. The van der Waals surface area contributed by atoms with E-state index in [1.54, 1.807) is 0 Å². The Bertz CT molecular complexity index is 320. The number of likely N-dealkylation sites (tertiary alicyclic amines) is 1. The van der Waals surface area contributed by atoms with E-state index in [1.807, 2.05) is 0 Å². The lowest BCUT2D eigenvalue weighted by molar-refractivity contribution is 0.124. The monoisotopic (exact) mass is 291 g/mol. The maximum Gasteiger partial charge on any atom is 0.294 e. The van der Waals surface area contributed by atoms with E-state index in [1.165, 1.54) is 37.1 Å². The minimum atomic E-state index is 0.529. The molecule has 1 aliphatic rings. The Labute approximate surface area is 102 Å². The molecular formula is C9H14BrN3OS. The lowest BCUT2D eigenvalue weighted by atomic mass is 10.0. The van der Waals surface area contributed by atoms with Gasteiger partial charge < -0.3 is 9.64 Å². The molecule has 0 spiro atoms. The highest BCUT2D eigenvalue weighted by Crippen LogP contribution is 2.23. The molecule has 1 fully saturated rings. The molecule has 0 bridgehead atoms. The lowest BCUT2D eigenvalue weighted by Gasteiger charge is -2.31. The van der Waals surface area contributed by atoms with E-state index in [2.05, 4.69) is 38.1 Å². The van der Waals surface area contributed by atoms with Gasteiger partial charge in [-0.15, -0.1) is 5.10 Å². The molecule has 4 nitrogen and oxygen atoms in total. The Morgan fingerprint density at radius 3 is 3.07 bits per heavy atom. The van der Waals surface area contributed by atoms with Crippen molar-refractivity contribution < 1.29 is 4.74 Å². The van der Waals surface area contributed by atoms with Crippen LogP contribution in [0.5, 0.6) is 5.19 Å². The van der Waals surface area contributed by atoms with Gasteiger partial charge in [-0.1, -0.05) is 11.5 Å². The van der Waals surface area contributed by atoms with Crippen LogP contribution in [0.1, 0.15) is 19.3 Å². The topological polar surface area (TPSA) is 38.2 Å². The van der Waals surface area contributed by atoms with E-state index in [-0.39, 0.29) is 0 Å². The highest BCUT2D eigenvalue weighted by molar-refractivity contribution is 9.11. The Kier molecular flexibility index (Phi) is 3.93. The third kappa shape index (κ3) is 3.12. The van der Waals surface area contributed by atoms with E-state index in [0.29, 0.717) is 11.2 Å². The number of likely N-dealkylation sites (N-methyl/N-ethyl adjacent to an activating group) is 1. The van der Waals surface area contributed by atoms with Gasteiger partial charge >= 0.3 is 0 Å². The molecule has 0 N–H and O–H groups in total. The second kappa shape index (κ2) is 5.23. The molecule has 0 saturated carbocycles. The zero-order chi connectivity index (χ0) is 10.7. The molecule has 1 aromatic rings. The molecule has 1 aliphatic heterocycles. The van der Waals surface area contributed by atoms with Crippen molar-refractivity contribution in [1.82, 2.24) is 15.1 Å². The summed E-state index contributed by atoms with van der Waals surface area (Å²) in [5.41, 5.74) is 0. The van der Waals surface area contributed by atoms with Crippen LogP contribution in [0.4, 0.5) is 0 Å². The number of hydrogen-bond acceptors (Lipinski definition) is 5. The fraction of sp³-hybridized carbons (Fsp3) is 0.778. The molecule has 2 rings (SSSR count). The van der Waals surface area contributed by atoms with Crippen LogP contribution in [-0.2, 0) is 0 Å². The van der Waals surface area contributed by atoms with Gasteiger partial charge in [0.1, 0.15) is 6.61 Å². The number of ether oxygens (including phenoxy) is 1. The van der Waals surface area contributed by atoms with E-state index >= 15 is 0 Å². The van der Waals surface area contributed by atoms with Crippen molar-refractivity contribution in [3.8, 4) is 5.19 Å². The normalized spacial score (nSPS) is 22.9. The van der Waals surface area contributed by atoms with Crippen LogP contribution >= 0.6 is 27.3 Å². The summed E-state index contributed by atoms with van der Waals surface area (Å²) in [5.74, 6) is 0. The van der Waals surface area contributed by atoms with Crippen molar-refractivity contribution in [3.05, 3.63) is 3.92 Å². The molecule has 0 aliphatic carbocycles. The molecule has 0 radical (unpaired) electrons. The van der Waals surface area contributed by atoms with Crippen LogP contribution in [0.15, 0.2) is 3.92 Å². The molecule has 15 heavy (non-hydrogen) atoms. The number of halogens is 1. The van der Waals surface area contributed by atoms with Gasteiger partial charge in [0.15, 0.2) is 3.92 Å². The fourth-order valence-electron chi connectivity index (χ4n) is 1.77. The minimum absolute atomic E-state index is 0.529. The summed E-state index contributed by atoms with van der Waals surface area (Å²) in [5, 5.41) is 8.41. The summed E-state index contributed by atoms with van der Waals surface area (Å²) in [7, 11) is 2.16. The Morgan fingerprint density at radius 2 is 2.40 bits per heavy atom. The largest absolute Gasteiger partial charge is 0.467 e. The Balaban J connectivity index is 1.81. The molecule has 1 saturated heterocycles. The van der Waals surface area contributed by atoms with Gasteiger partial charge in [0.25, 0.3) is 5.19 Å². The second-order valence-corrected chi connectivity index (χ2v) is 5.98. The maximum absolute atomic E-state index is 5.61. The molecule has 1 atom stereocenters. The van der Waals surface area contributed by atoms with Gasteiger partial charge in [0.2, 0.25) is 0 Å². The highest BCUT2D eigenvalue weighted by Gasteiger charge is 2.19. The minimum Gasteiger partial charge on any atom is -0.467 e. The maximum atomic E-state index is 5.61. The summed E-state index contributed by atoms with van der Waals surface area (Å²) >= 11 is 4.70. The van der Waals surface area contributed by atoms with Crippen LogP contribution in [0.3, 0.4) is 0 Å². The molecule has 1 aromatic heterocycles. The summed E-state index contributed by atoms with van der Waals surface area (Å²) in [6.07, 6.45) is 3.83. The van der Waals surface area contributed by atoms with Crippen LogP contribution in [0.25, 0.3) is 0 Å². The average Bonchev–Trinajstić information content (AvgIpc) is 2.63. The highest BCUT2D eigenvalue weighted by atomic mass is 79.9. The SMILES string of the molecule is CN1CCCCC1COc1nnc(Br)s1. The quantitative estimate of drug-likeness (QED) is 0.855. The van der Waals surface area contributed by atoms with Crippen molar-refractivity contribution in [2.75, 3.05) is 20.2 Å². The average molecular weight is 292 g/mol. The van der Waals surface area contributed by atoms with Crippen molar-refractivity contribution in [1.29, 1.82) is 0 Å². The molecular weight excluding hydrogens is 278 g/mol. The smallest absolute Gasteiger partial charge is 0.294 e. The second-order valence-electron chi connectivity index (χ2n) is 3.76.